The average molecular weight is 255 g/mol. The predicted octanol–water partition coefficient (Wildman–Crippen LogP) is 4.39. The Morgan fingerprint density at radius 1 is 1.00 bits per heavy atom. The highest BCUT2D eigenvalue weighted by Crippen LogP contribution is 2.28. The van der Waals surface area contributed by atoms with E-state index in [-0.39, 0.29) is 10.6 Å². The molecule has 0 spiro atoms. The molecule has 19 heavy (non-hydrogen) atoms. The molecular weight excluding hydrogens is 238 g/mol. The van der Waals surface area contributed by atoms with Crippen molar-refractivity contribution in [3.63, 3.8) is 0 Å². The first-order valence-electron chi connectivity index (χ1n) is 6.53. The molecule has 0 saturated heterocycles. The number of nitrogens with zero attached hydrogens (tertiary/aromatic N) is 1. The van der Waals surface area contributed by atoms with Crippen LogP contribution in [-0.2, 0) is 12.8 Å². The van der Waals surface area contributed by atoms with Crippen molar-refractivity contribution in [1.29, 1.82) is 0 Å². The number of benzene rings is 2. The maximum atomic E-state index is 10.7. The van der Waals surface area contributed by atoms with Crippen molar-refractivity contribution in [3.8, 4) is 11.1 Å². The van der Waals surface area contributed by atoms with Crippen LogP contribution in [0.25, 0.3) is 11.1 Å². The van der Waals surface area contributed by atoms with Crippen LogP contribution in [0.5, 0.6) is 0 Å². The van der Waals surface area contributed by atoms with Crippen molar-refractivity contribution < 1.29 is 4.92 Å². The van der Waals surface area contributed by atoms with E-state index in [1.807, 2.05) is 12.1 Å². The van der Waals surface area contributed by atoms with Crippen LogP contribution in [0.3, 0.4) is 0 Å². The van der Waals surface area contributed by atoms with Gasteiger partial charge in [0.2, 0.25) is 0 Å². The van der Waals surface area contributed by atoms with E-state index < -0.39 is 0 Å². The first kappa shape index (κ1) is 13.3. The Morgan fingerprint density at radius 2 is 1.68 bits per heavy atom. The van der Waals surface area contributed by atoms with Gasteiger partial charge in [-0.25, -0.2) is 0 Å². The monoisotopic (exact) mass is 255 g/mol. The molecule has 0 radical (unpaired) electrons. The van der Waals surface area contributed by atoms with Gasteiger partial charge in [-0.05, 0) is 47.2 Å². The van der Waals surface area contributed by atoms with Crippen molar-refractivity contribution in [1.82, 2.24) is 0 Å². The minimum absolute atomic E-state index is 0.133. The lowest BCUT2D eigenvalue weighted by atomic mass is 9.92. The van der Waals surface area contributed by atoms with Crippen molar-refractivity contribution in [3.05, 3.63) is 63.7 Å². The third-order valence-corrected chi connectivity index (χ3v) is 3.40. The minimum atomic E-state index is -0.368. The van der Waals surface area contributed by atoms with Gasteiger partial charge < -0.3 is 0 Å². The maximum absolute atomic E-state index is 10.7. The lowest BCUT2D eigenvalue weighted by molar-refractivity contribution is -0.384. The van der Waals surface area contributed by atoms with Gasteiger partial charge in [0.15, 0.2) is 0 Å². The number of nitro benzene ring substituents is 1. The number of nitro groups is 1. The van der Waals surface area contributed by atoms with Crippen LogP contribution in [0.2, 0.25) is 0 Å². The highest BCUT2D eigenvalue weighted by Gasteiger charge is 2.09. The number of hydrogen-bond acceptors (Lipinski definition) is 2. The topological polar surface area (TPSA) is 43.1 Å². The fraction of sp³-hybridized carbons (Fsp3) is 0.250. The van der Waals surface area contributed by atoms with Crippen molar-refractivity contribution >= 4 is 5.69 Å². The molecule has 0 heterocycles. The van der Waals surface area contributed by atoms with E-state index in [1.165, 1.54) is 16.7 Å². The molecule has 98 valence electrons. The summed E-state index contributed by atoms with van der Waals surface area (Å²) in [6.07, 6.45) is 1.97. The van der Waals surface area contributed by atoms with Gasteiger partial charge in [0.25, 0.3) is 5.69 Å². The molecule has 3 nitrogen and oxygen atoms in total. The number of non-ortho nitro benzene ring substituents is 1. The van der Waals surface area contributed by atoms with Crippen LogP contribution in [0.15, 0.2) is 42.5 Å². The van der Waals surface area contributed by atoms with Gasteiger partial charge in [-0.3, -0.25) is 10.1 Å². The van der Waals surface area contributed by atoms with Crippen LogP contribution in [-0.4, -0.2) is 4.92 Å². The fourth-order valence-corrected chi connectivity index (χ4v) is 2.42. The lowest BCUT2D eigenvalue weighted by Crippen LogP contribution is -1.95. The Bertz CT molecular complexity index is 588. The van der Waals surface area contributed by atoms with Crippen LogP contribution < -0.4 is 0 Å². The molecule has 2 aromatic rings. The summed E-state index contributed by atoms with van der Waals surface area (Å²) in [7, 11) is 0. The summed E-state index contributed by atoms with van der Waals surface area (Å²) in [4.78, 5) is 10.3. The maximum Gasteiger partial charge on any atom is 0.269 e. The van der Waals surface area contributed by atoms with Crippen molar-refractivity contribution in [2.24, 2.45) is 0 Å². The summed E-state index contributed by atoms with van der Waals surface area (Å²) in [5.41, 5.74) is 5.03. The molecule has 0 aliphatic heterocycles. The third-order valence-electron chi connectivity index (χ3n) is 3.40. The number of hydrogen-bond donors (Lipinski definition) is 0. The second-order valence-electron chi connectivity index (χ2n) is 4.45. The molecule has 3 heteroatoms. The Morgan fingerprint density at radius 3 is 2.21 bits per heavy atom. The van der Waals surface area contributed by atoms with Gasteiger partial charge in [-0.15, -0.1) is 0 Å². The van der Waals surface area contributed by atoms with Crippen LogP contribution in [0, 0.1) is 10.1 Å². The van der Waals surface area contributed by atoms with E-state index in [0.29, 0.717) is 0 Å². The van der Waals surface area contributed by atoms with E-state index >= 15 is 0 Å². The van der Waals surface area contributed by atoms with E-state index in [4.69, 9.17) is 0 Å². The molecule has 0 aliphatic rings. The zero-order valence-corrected chi connectivity index (χ0v) is 11.2. The van der Waals surface area contributed by atoms with Crippen LogP contribution in [0.4, 0.5) is 5.69 Å². The quantitative estimate of drug-likeness (QED) is 0.600. The van der Waals surface area contributed by atoms with Gasteiger partial charge in [0.1, 0.15) is 0 Å². The summed E-state index contributed by atoms with van der Waals surface area (Å²) < 4.78 is 0. The lowest BCUT2D eigenvalue weighted by Gasteiger charge is -2.12. The van der Waals surface area contributed by atoms with Gasteiger partial charge in [-0.1, -0.05) is 32.0 Å². The first-order valence-corrected chi connectivity index (χ1v) is 6.53. The molecule has 0 aliphatic carbocycles. The molecule has 0 N–H and O–H groups in total. The molecular formula is C16H17NO2. The largest absolute Gasteiger partial charge is 0.269 e. The number of aryl methyl sites for hydroxylation is 1. The number of rotatable bonds is 4. The molecule has 0 unspecified atom stereocenters. The SMILES string of the molecule is CCc1cccc(-c2ccc([N+](=O)[O-])cc2)c1CC. The summed E-state index contributed by atoms with van der Waals surface area (Å²) in [5.74, 6) is 0. The summed E-state index contributed by atoms with van der Waals surface area (Å²) in [6.45, 7) is 4.29. The molecule has 0 atom stereocenters. The van der Waals surface area contributed by atoms with Crippen LogP contribution in [0.1, 0.15) is 25.0 Å². The molecule has 0 amide bonds. The van der Waals surface area contributed by atoms with Gasteiger partial charge in [-0.2, -0.15) is 0 Å². The Kier molecular flexibility index (Phi) is 3.95. The van der Waals surface area contributed by atoms with Crippen molar-refractivity contribution in [2.75, 3.05) is 0 Å². The molecule has 0 fully saturated rings. The van der Waals surface area contributed by atoms with E-state index in [0.717, 1.165) is 18.4 Å². The van der Waals surface area contributed by atoms with Crippen LogP contribution >= 0.6 is 0 Å². The van der Waals surface area contributed by atoms with Gasteiger partial charge in [0.05, 0.1) is 4.92 Å². The Balaban J connectivity index is 2.49. The summed E-state index contributed by atoms with van der Waals surface area (Å²) >= 11 is 0. The van der Waals surface area contributed by atoms with Crippen molar-refractivity contribution in [2.45, 2.75) is 26.7 Å². The average Bonchev–Trinajstić information content (AvgIpc) is 2.46. The molecule has 0 bridgehead atoms. The zero-order valence-electron chi connectivity index (χ0n) is 11.2. The fourth-order valence-electron chi connectivity index (χ4n) is 2.42. The second kappa shape index (κ2) is 5.65. The second-order valence-corrected chi connectivity index (χ2v) is 4.45. The smallest absolute Gasteiger partial charge is 0.258 e. The van der Waals surface area contributed by atoms with E-state index in [9.17, 15) is 10.1 Å². The van der Waals surface area contributed by atoms with E-state index in [2.05, 4.69) is 32.0 Å². The van der Waals surface area contributed by atoms with E-state index in [1.54, 1.807) is 12.1 Å². The molecule has 2 aromatic carbocycles. The standard InChI is InChI=1S/C16H17NO2/c1-3-12-6-5-7-16(15(12)4-2)13-8-10-14(11-9-13)17(18)19/h5-11H,3-4H2,1-2H3. The van der Waals surface area contributed by atoms with Gasteiger partial charge in [0, 0.05) is 12.1 Å². The minimum Gasteiger partial charge on any atom is -0.258 e. The third kappa shape index (κ3) is 2.65. The molecule has 0 saturated carbocycles. The predicted molar refractivity (Wildman–Crippen MR) is 77.3 cm³/mol. The summed E-state index contributed by atoms with van der Waals surface area (Å²) in [6, 6.07) is 13.1. The Hall–Kier alpha value is -2.16. The molecule has 0 aromatic heterocycles. The highest BCUT2D eigenvalue weighted by atomic mass is 16.6. The first-order chi connectivity index (χ1) is 9.17. The summed E-state index contributed by atoms with van der Waals surface area (Å²) in [5, 5.41) is 10.7. The Labute approximate surface area is 113 Å². The van der Waals surface area contributed by atoms with Gasteiger partial charge >= 0.3 is 0 Å². The zero-order chi connectivity index (χ0) is 13.8. The molecule has 2 rings (SSSR count). The highest BCUT2D eigenvalue weighted by molar-refractivity contribution is 5.69. The normalized spacial score (nSPS) is 10.4.